The molecule has 0 unspecified atom stereocenters. The lowest BCUT2D eigenvalue weighted by atomic mass is 9.73. The Kier molecular flexibility index (Phi) is 12.9. The Morgan fingerprint density at radius 2 is 1.70 bits per heavy atom. The molecule has 0 spiro atoms. The minimum absolute atomic E-state index is 0.149. The molecule has 46 heavy (non-hydrogen) atoms. The first-order valence-electron chi connectivity index (χ1n) is 16.3. The Morgan fingerprint density at radius 3 is 2.39 bits per heavy atom. The van der Waals surface area contributed by atoms with E-state index in [4.69, 9.17) is 24.9 Å². The van der Waals surface area contributed by atoms with Crippen LogP contribution < -0.4 is 10.6 Å². The second-order valence-corrected chi connectivity index (χ2v) is 19.5. The first kappa shape index (κ1) is 35.7. The summed E-state index contributed by atoms with van der Waals surface area (Å²) in [4.78, 5) is 19.5. The molecular weight excluding hydrogens is 609 g/mol. The number of nitrogens with two attached hydrogens (primary N) is 1. The third-order valence-corrected chi connectivity index (χ3v) is 10.9. The Bertz CT molecular complexity index is 1510. The molecule has 0 saturated heterocycles. The second kappa shape index (κ2) is 16.6. The fourth-order valence-corrected chi connectivity index (χ4v) is 6.59. The van der Waals surface area contributed by atoms with Crippen molar-refractivity contribution in [3.05, 3.63) is 71.4 Å². The molecule has 2 aromatic carbocycles. The van der Waals surface area contributed by atoms with Gasteiger partial charge in [-0.2, -0.15) is 0 Å². The lowest BCUT2D eigenvalue weighted by molar-refractivity contribution is 0.0900. The van der Waals surface area contributed by atoms with Crippen molar-refractivity contribution >= 4 is 51.7 Å². The molecule has 3 aromatic rings. The number of hydrogen-bond donors (Lipinski definition) is 1. The number of benzene rings is 2. The van der Waals surface area contributed by atoms with Gasteiger partial charge in [0.15, 0.2) is 0 Å². The minimum atomic E-state index is -0.414. The Balaban J connectivity index is 1.66. The van der Waals surface area contributed by atoms with Crippen molar-refractivity contribution in [1.82, 2.24) is 4.57 Å². The van der Waals surface area contributed by atoms with Crippen LogP contribution >= 0.6 is 0 Å². The highest BCUT2D eigenvalue weighted by Crippen LogP contribution is 2.39. The van der Waals surface area contributed by atoms with Crippen LogP contribution in [0.1, 0.15) is 44.4 Å². The quantitative estimate of drug-likeness (QED) is 0.139. The number of carbonyl (C=O) groups excluding carboxylic acids is 1. The van der Waals surface area contributed by atoms with Crippen LogP contribution in [0.15, 0.2) is 65.2 Å². The molecule has 0 bridgehead atoms. The molecule has 1 aromatic heterocycles. The molecule has 10 heteroatoms. The van der Waals surface area contributed by atoms with Gasteiger partial charge in [0.25, 0.3) is 0 Å². The van der Waals surface area contributed by atoms with E-state index in [1.807, 2.05) is 48.5 Å². The maximum atomic E-state index is 13.0. The van der Waals surface area contributed by atoms with E-state index >= 15 is 0 Å². The highest BCUT2D eigenvalue weighted by atomic mass is 28.3. The lowest BCUT2D eigenvalue weighted by Gasteiger charge is -2.33. The molecular formula is C36H52N4O4Si2. The third kappa shape index (κ3) is 9.91. The zero-order valence-corrected chi connectivity index (χ0v) is 30.8. The van der Waals surface area contributed by atoms with Crippen LogP contribution in [0.4, 0.5) is 10.5 Å². The molecule has 1 aliphatic carbocycles. The lowest BCUT2D eigenvalue weighted by Crippen LogP contribution is -2.27. The van der Waals surface area contributed by atoms with Crippen molar-refractivity contribution in [2.24, 2.45) is 16.1 Å². The predicted molar refractivity (Wildman–Crippen MR) is 194 cm³/mol. The van der Waals surface area contributed by atoms with Gasteiger partial charge in [0.2, 0.25) is 0 Å². The first-order chi connectivity index (χ1) is 21.9. The third-order valence-electron chi connectivity index (χ3n) is 8.46. The van der Waals surface area contributed by atoms with E-state index in [9.17, 15) is 4.79 Å². The fraction of sp³-hybridized carbons (Fsp3) is 0.500. The van der Waals surface area contributed by atoms with Crippen LogP contribution in [0.25, 0.3) is 16.6 Å². The topological polar surface area (TPSA) is 91.3 Å². The molecule has 0 atom stereocenters. The van der Waals surface area contributed by atoms with Gasteiger partial charge in [-0.3, -0.25) is 9.89 Å². The van der Waals surface area contributed by atoms with E-state index < -0.39 is 14.9 Å². The highest BCUT2D eigenvalue weighted by Gasteiger charge is 2.30. The highest BCUT2D eigenvalue weighted by molar-refractivity contribution is 6.56. The van der Waals surface area contributed by atoms with Gasteiger partial charge in [0.05, 0.1) is 16.9 Å². The molecule has 0 aliphatic heterocycles. The number of carbonyl (C=O) groups is 1. The van der Waals surface area contributed by atoms with Gasteiger partial charge in [0.1, 0.15) is 20.1 Å². The first-order valence-corrected chi connectivity index (χ1v) is 21.7. The van der Waals surface area contributed by atoms with Crippen molar-refractivity contribution in [2.45, 2.75) is 84.7 Å². The van der Waals surface area contributed by atoms with E-state index in [-0.39, 0.29) is 20.8 Å². The van der Waals surface area contributed by atoms with Crippen LogP contribution in [0.3, 0.4) is 0 Å². The SMILES string of the molecule is CN(C(=O)OCc1ccccc1)c1ccc2cc(C(N)=C3CCC(C)(C)CC3=NCOCC[Si](C)C)n(COCC[Si](C)C)c2c1. The smallest absolute Gasteiger partial charge is 0.414 e. The molecule has 1 saturated carbocycles. The normalized spacial score (nSPS) is 16.8. The number of amides is 1. The van der Waals surface area contributed by atoms with E-state index in [1.165, 1.54) is 0 Å². The zero-order chi connectivity index (χ0) is 33.3. The number of hydrogen-bond acceptors (Lipinski definition) is 6. The van der Waals surface area contributed by atoms with Crippen LogP contribution in [-0.2, 0) is 27.5 Å². The van der Waals surface area contributed by atoms with Crippen molar-refractivity contribution < 1.29 is 19.0 Å². The average Bonchev–Trinajstić information content (AvgIpc) is 3.38. The van der Waals surface area contributed by atoms with Crippen molar-refractivity contribution in [3.63, 3.8) is 0 Å². The summed E-state index contributed by atoms with van der Waals surface area (Å²) in [7, 11) is 1.01. The van der Waals surface area contributed by atoms with Gasteiger partial charge in [0, 0.05) is 54.6 Å². The van der Waals surface area contributed by atoms with Gasteiger partial charge in [-0.25, -0.2) is 4.79 Å². The van der Waals surface area contributed by atoms with E-state index in [0.29, 0.717) is 20.1 Å². The van der Waals surface area contributed by atoms with Gasteiger partial charge in [-0.15, -0.1) is 0 Å². The summed E-state index contributed by atoms with van der Waals surface area (Å²) < 4.78 is 19.9. The number of allylic oxidation sites excluding steroid dienone is 1. The van der Waals surface area contributed by atoms with Crippen LogP contribution in [0, 0.1) is 5.41 Å². The maximum Gasteiger partial charge on any atom is 0.414 e. The molecule has 1 fully saturated rings. The molecule has 1 aliphatic rings. The van der Waals surface area contributed by atoms with Crippen molar-refractivity contribution in [3.8, 4) is 0 Å². The standard InChI is InChI=1S/C36H52N4O4Si2/c1-36(2)16-15-30(31(23-36)38-25-42-17-19-45(4)5)34(37)33-21-28-13-14-29(22-32(28)40(33)26-43-18-20-46(6)7)39(3)35(41)44-24-27-11-9-8-10-12-27/h8-14,21-22H,15-20,23-26,37H2,1-7H3. The number of nitrogens with zero attached hydrogens (tertiary/aromatic N) is 3. The molecule has 1 heterocycles. The minimum Gasteiger partial charge on any atom is -0.444 e. The molecule has 248 valence electrons. The largest absolute Gasteiger partial charge is 0.444 e. The summed E-state index contributed by atoms with van der Waals surface area (Å²) >= 11 is 0. The summed E-state index contributed by atoms with van der Waals surface area (Å²) in [6.07, 6.45) is 2.34. The maximum absolute atomic E-state index is 13.0. The average molecular weight is 661 g/mol. The van der Waals surface area contributed by atoms with Crippen LogP contribution in [0.5, 0.6) is 0 Å². The Hall–Kier alpha value is -3.19. The number of aliphatic imine (C=N–C) groups is 1. The molecule has 2 radical (unpaired) electrons. The number of ether oxygens (including phenoxy) is 3. The van der Waals surface area contributed by atoms with Gasteiger partial charge in [-0.1, -0.05) is 76.4 Å². The number of anilines is 1. The number of rotatable bonds is 14. The zero-order valence-electron chi connectivity index (χ0n) is 28.8. The van der Waals surface area contributed by atoms with Gasteiger partial charge < -0.3 is 24.5 Å². The predicted octanol–water partition coefficient (Wildman–Crippen LogP) is 8.19. The monoisotopic (exact) mass is 660 g/mol. The van der Waals surface area contributed by atoms with Gasteiger partial charge in [-0.05, 0) is 66.1 Å². The second-order valence-electron chi connectivity index (χ2n) is 13.6. The Morgan fingerprint density at radius 1 is 1.00 bits per heavy atom. The number of fused-ring (bicyclic) bond motifs is 1. The summed E-state index contributed by atoms with van der Waals surface area (Å²) in [6, 6.07) is 20.0. The van der Waals surface area contributed by atoms with Crippen LogP contribution in [0.2, 0.25) is 38.3 Å². The Labute approximate surface area is 278 Å². The molecule has 4 rings (SSSR count). The van der Waals surface area contributed by atoms with Crippen LogP contribution in [-0.4, -0.2) is 61.0 Å². The van der Waals surface area contributed by atoms with E-state index in [1.54, 1.807) is 11.9 Å². The summed E-state index contributed by atoms with van der Waals surface area (Å²) in [5.41, 5.74) is 13.6. The summed E-state index contributed by atoms with van der Waals surface area (Å²) in [6.45, 7) is 16.2. The summed E-state index contributed by atoms with van der Waals surface area (Å²) in [5, 5.41) is 1.03. The number of aromatic nitrogens is 1. The summed E-state index contributed by atoms with van der Waals surface area (Å²) in [5.74, 6) is 0. The molecule has 8 nitrogen and oxygen atoms in total. The van der Waals surface area contributed by atoms with Crippen molar-refractivity contribution in [2.75, 3.05) is 31.9 Å². The van der Waals surface area contributed by atoms with E-state index in [0.717, 1.165) is 82.8 Å². The molecule has 2 N–H and O–H groups in total. The molecule has 1 amide bonds. The van der Waals surface area contributed by atoms with E-state index in [2.05, 4.69) is 50.7 Å². The van der Waals surface area contributed by atoms with Crippen molar-refractivity contribution in [1.29, 1.82) is 0 Å². The van der Waals surface area contributed by atoms with Gasteiger partial charge >= 0.3 is 6.09 Å². The fourth-order valence-electron chi connectivity index (χ4n) is 5.48.